The van der Waals surface area contributed by atoms with E-state index in [9.17, 15) is 0 Å². The zero-order valence-corrected chi connectivity index (χ0v) is 46.3. The van der Waals surface area contributed by atoms with Gasteiger partial charge in [-0.3, -0.25) is 0 Å². The maximum absolute atomic E-state index is 6.83. The molecule has 2 aromatic heterocycles. The summed E-state index contributed by atoms with van der Waals surface area (Å²) < 4.78 is 13.7. The lowest BCUT2D eigenvalue weighted by Crippen LogP contribution is -2.27. The standard InChI is InChI=1S/C77H58N2O2/c1-45(2)59-43-63-64-44-60(46(3)4)62-42-50(79(68-32-16-8-22-48(68)6)70-34-20-28-58-54-26-12-18-36-72(54)81-76(58)70)38-40-56(62)74(64)77(65-29-13-9-23-51(65)52-24-10-14-30-66(52)77)73(63)55-39-37-49(41-61(55)59)78(67-31-15-7-21-47(67)5)69-33-19-27-57-53-25-11-17-35-71(53)80-75(57)69/h7-46H,1-6H3. The minimum atomic E-state index is -0.645. The number of hydrogen-bond donors (Lipinski definition) is 0. The number of anilines is 6. The lowest BCUT2D eigenvalue weighted by Gasteiger charge is -2.34. The number of para-hydroxylation sites is 6. The normalized spacial score (nSPS) is 13.1. The zero-order chi connectivity index (χ0) is 54.4. The van der Waals surface area contributed by atoms with E-state index in [0.717, 1.165) is 78.0 Å². The van der Waals surface area contributed by atoms with Crippen molar-refractivity contribution in [3.8, 4) is 22.3 Å². The van der Waals surface area contributed by atoms with Crippen LogP contribution in [-0.2, 0) is 5.41 Å². The molecule has 2 aliphatic rings. The quantitative estimate of drug-likeness (QED) is 0.152. The van der Waals surface area contributed by atoms with E-state index in [1.165, 1.54) is 88.3 Å². The molecule has 0 unspecified atom stereocenters. The van der Waals surface area contributed by atoms with E-state index >= 15 is 0 Å². The van der Waals surface area contributed by atoms with Crippen LogP contribution in [-0.4, -0.2) is 0 Å². The predicted molar refractivity (Wildman–Crippen MR) is 339 cm³/mol. The Kier molecular flexibility index (Phi) is 10.3. The lowest BCUT2D eigenvalue weighted by atomic mass is 9.67. The van der Waals surface area contributed by atoms with Crippen molar-refractivity contribution >= 4 is 99.5 Å². The summed E-state index contributed by atoms with van der Waals surface area (Å²) in [5, 5.41) is 9.51. The second kappa shape index (κ2) is 17.7. The Morgan fingerprint density at radius 2 is 0.704 bits per heavy atom. The van der Waals surface area contributed by atoms with E-state index in [1.807, 2.05) is 0 Å². The Balaban J connectivity index is 0.988. The number of hydrogen-bond acceptors (Lipinski definition) is 4. The molecule has 0 fully saturated rings. The van der Waals surface area contributed by atoms with E-state index in [-0.39, 0.29) is 11.8 Å². The molecule has 12 aromatic carbocycles. The van der Waals surface area contributed by atoms with E-state index < -0.39 is 5.41 Å². The molecule has 0 amide bonds. The number of furan rings is 2. The van der Waals surface area contributed by atoms with Crippen LogP contribution in [0.5, 0.6) is 0 Å². The van der Waals surface area contributed by atoms with Crippen LogP contribution in [0.1, 0.15) is 84.0 Å². The first-order valence-electron chi connectivity index (χ1n) is 28.6. The molecule has 0 saturated carbocycles. The maximum Gasteiger partial charge on any atom is 0.159 e. The fourth-order valence-electron chi connectivity index (χ4n) is 14.5. The van der Waals surface area contributed by atoms with Crippen molar-refractivity contribution in [2.45, 2.75) is 58.8 Å². The summed E-state index contributed by atoms with van der Waals surface area (Å²) >= 11 is 0. The maximum atomic E-state index is 6.83. The second-order valence-electron chi connectivity index (χ2n) is 23.1. The van der Waals surface area contributed by atoms with Crippen LogP contribution >= 0.6 is 0 Å². The van der Waals surface area contributed by atoms with Gasteiger partial charge in [0.05, 0.1) is 16.8 Å². The Morgan fingerprint density at radius 3 is 1.15 bits per heavy atom. The van der Waals surface area contributed by atoms with Gasteiger partial charge in [-0.15, -0.1) is 0 Å². The van der Waals surface area contributed by atoms with Crippen LogP contribution in [0.4, 0.5) is 34.1 Å². The molecule has 0 atom stereocenters. The van der Waals surface area contributed by atoms with Gasteiger partial charge in [0.15, 0.2) is 11.2 Å². The van der Waals surface area contributed by atoms with Crippen molar-refractivity contribution < 1.29 is 8.83 Å². The highest BCUT2D eigenvalue weighted by Crippen LogP contribution is 2.67. The van der Waals surface area contributed by atoms with Gasteiger partial charge in [-0.05, 0) is 187 Å². The predicted octanol–water partition coefficient (Wildman–Crippen LogP) is 21.9. The number of benzene rings is 12. The molecule has 0 aliphatic heterocycles. The third-order valence-electron chi connectivity index (χ3n) is 18.0. The van der Waals surface area contributed by atoms with Crippen molar-refractivity contribution in [2.24, 2.45) is 0 Å². The molecule has 14 aromatic rings. The Morgan fingerprint density at radius 1 is 0.321 bits per heavy atom. The zero-order valence-electron chi connectivity index (χ0n) is 46.3. The van der Waals surface area contributed by atoms with E-state index in [4.69, 9.17) is 8.83 Å². The van der Waals surface area contributed by atoms with E-state index in [0.29, 0.717) is 0 Å². The second-order valence-corrected chi connectivity index (χ2v) is 23.1. The SMILES string of the molecule is Cc1ccccc1N(c1ccc2c3c(cc(C(C)C)c2c1)-c1cc(C(C)C)c2cc(N(c4ccccc4C)c4cccc5c4oc4ccccc45)ccc2c1C31c2ccccc2-c2ccccc21)c1cccc2c1oc1ccccc12. The molecule has 81 heavy (non-hydrogen) atoms. The van der Waals surface area contributed by atoms with Gasteiger partial charge >= 0.3 is 0 Å². The Hall–Kier alpha value is -9.64. The molecule has 1 spiro atoms. The summed E-state index contributed by atoms with van der Waals surface area (Å²) in [7, 11) is 0. The molecule has 2 aliphatic carbocycles. The first kappa shape index (κ1) is 47.4. The van der Waals surface area contributed by atoms with Crippen LogP contribution in [0.2, 0.25) is 0 Å². The first-order valence-corrected chi connectivity index (χ1v) is 28.6. The molecule has 16 rings (SSSR count). The Bertz CT molecular complexity index is 4640. The monoisotopic (exact) mass is 1040 g/mol. The average molecular weight is 1040 g/mol. The van der Waals surface area contributed by atoms with Gasteiger partial charge in [0.25, 0.3) is 0 Å². The van der Waals surface area contributed by atoms with Crippen molar-refractivity contribution in [3.63, 3.8) is 0 Å². The van der Waals surface area contributed by atoms with Gasteiger partial charge in [-0.2, -0.15) is 0 Å². The topological polar surface area (TPSA) is 32.8 Å². The Labute approximate surface area is 471 Å². The van der Waals surface area contributed by atoms with Crippen LogP contribution in [0.15, 0.2) is 239 Å². The fraction of sp³-hybridized carbons (Fsp3) is 0.117. The highest BCUT2D eigenvalue weighted by atomic mass is 16.3. The van der Waals surface area contributed by atoms with Crippen LogP contribution in [0, 0.1) is 13.8 Å². The van der Waals surface area contributed by atoms with Gasteiger partial charge < -0.3 is 18.6 Å². The van der Waals surface area contributed by atoms with Crippen LogP contribution < -0.4 is 9.80 Å². The molecule has 4 nitrogen and oxygen atoms in total. The summed E-state index contributed by atoms with van der Waals surface area (Å²) in [6.45, 7) is 13.9. The van der Waals surface area contributed by atoms with Crippen LogP contribution in [0.3, 0.4) is 0 Å². The summed E-state index contributed by atoms with van der Waals surface area (Å²) in [4.78, 5) is 4.85. The number of fused-ring (bicyclic) bond motifs is 20. The molecule has 0 N–H and O–H groups in total. The minimum absolute atomic E-state index is 0.220. The van der Waals surface area contributed by atoms with E-state index in [2.05, 4.69) is 282 Å². The van der Waals surface area contributed by atoms with Gasteiger partial charge in [0.2, 0.25) is 0 Å². The third kappa shape index (κ3) is 6.65. The molecule has 2 heterocycles. The van der Waals surface area contributed by atoms with Crippen molar-refractivity contribution in [1.29, 1.82) is 0 Å². The molecule has 388 valence electrons. The highest BCUT2D eigenvalue weighted by molar-refractivity contribution is 6.15. The van der Waals surface area contributed by atoms with Crippen molar-refractivity contribution in [2.75, 3.05) is 9.80 Å². The summed E-state index contributed by atoms with van der Waals surface area (Å²) in [6.07, 6.45) is 0. The van der Waals surface area contributed by atoms with Gasteiger partial charge in [-0.1, -0.05) is 185 Å². The fourth-order valence-corrected chi connectivity index (χ4v) is 14.5. The highest BCUT2D eigenvalue weighted by Gasteiger charge is 2.54. The summed E-state index contributed by atoms with van der Waals surface area (Å²) in [5.41, 5.74) is 24.9. The summed E-state index contributed by atoms with van der Waals surface area (Å²) in [6, 6.07) is 85.7. The molecular formula is C77H58N2O2. The largest absolute Gasteiger partial charge is 0.454 e. The molecule has 0 bridgehead atoms. The summed E-state index contributed by atoms with van der Waals surface area (Å²) in [5.74, 6) is 0.441. The van der Waals surface area contributed by atoms with Crippen molar-refractivity contribution in [1.82, 2.24) is 0 Å². The average Bonchev–Trinajstić information content (AvgIpc) is 1.84. The van der Waals surface area contributed by atoms with Crippen LogP contribution in [0.25, 0.3) is 87.7 Å². The first-order chi connectivity index (χ1) is 39.7. The molecular weight excluding hydrogens is 985 g/mol. The van der Waals surface area contributed by atoms with Gasteiger partial charge in [0, 0.05) is 44.3 Å². The number of aryl methyl sites for hydroxylation is 2. The molecule has 0 radical (unpaired) electrons. The number of nitrogens with zero attached hydrogens (tertiary/aromatic N) is 2. The molecule has 0 saturated heterocycles. The van der Waals surface area contributed by atoms with E-state index in [1.54, 1.807) is 0 Å². The smallest absolute Gasteiger partial charge is 0.159 e. The van der Waals surface area contributed by atoms with Gasteiger partial charge in [-0.25, -0.2) is 0 Å². The molecule has 4 heteroatoms. The van der Waals surface area contributed by atoms with Gasteiger partial charge in [0.1, 0.15) is 11.2 Å². The van der Waals surface area contributed by atoms with Crippen molar-refractivity contribution in [3.05, 3.63) is 275 Å². The third-order valence-corrected chi connectivity index (χ3v) is 18.0. The minimum Gasteiger partial charge on any atom is -0.454 e. The lowest BCUT2D eigenvalue weighted by molar-refractivity contribution is 0.668. The number of rotatable bonds is 8.